The van der Waals surface area contributed by atoms with Gasteiger partial charge in [-0.3, -0.25) is 4.79 Å². The fraction of sp³-hybridized carbons (Fsp3) is 0.842. The van der Waals surface area contributed by atoms with Gasteiger partial charge in [0.25, 0.3) is 0 Å². The van der Waals surface area contributed by atoms with Crippen LogP contribution in [0.2, 0.25) is 0 Å². The van der Waals surface area contributed by atoms with Crippen LogP contribution >= 0.6 is 0 Å². The summed E-state index contributed by atoms with van der Waals surface area (Å²) in [4.78, 5) is 12.4. The van der Waals surface area contributed by atoms with Gasteiger partial charge in [-0.15, -0.1) is 6.58 Å². The molecule has 0 aliphatic heterocycles. The van der Waals surface area contributed by atoms with Gasteiger partial charge < -0.3 is 0 Å². The minimum Gasteiger partial charge on any atom is -0.300 e. The highest BCUT2D eigenvalue weighted by Crippen LogP contribution is 2.70. The van der Waals surface area contributed by atoms with Gasteiger partial charge in [0.05, 0.1) is 0 Å². The quantitative estimate of drug-likeness (QED) is 0.474. The molecule has 112 valence electrons. The van der Waals surface area contributed by atoms with Crippen molar-refractivity contribution < 1.29 is 4.79 Å². The lowest BCUT2D eigenvalue weighted by atomic mass is 9.39. The number of hydrogen-bond acceptors (Lipinski definition) is 1. The van der Waals surface area contributed by atoms with Gasteiger partial charge in [0.2, 0.25) is 0 Å². The molecular weight excluding hydrogens is 244 g/mol. The molecule has 4 fully saturated rings. The van der Waals surface area contributed by atoms with Crippen LogP contribution in [0.3, 0.4) is 0 Å². The predicted octanol–water partition coefficient (Wildman–Crippen LogP) is 5.30. The number of Topliss-reactive ketones (excluding diaryl/α,β-unsaturated/α-hetero) is 1. The van der Waals surface area contributed by atoms with E-state index in [1.165, 1.54) is 38.5 Å². The minimum absolute atomic E-state index is 0.369. The third-order valence-electron chi connectivity index (χ3n) is 6.18. The largest absolute Gasteiger partial charge is 0.300 e. The Morgan fingerprint density at radius 2 is 1.80 bits per heavy atom. The van der Waals surface area contributed by atoms with Crippen molar-refractivity contribution in [3.63, 3.8) is 0 Å². The van der Waals surface area contributed by atoms with E-state index in [9.17, 15) is 4.79 Å². The lowest BCUT2D eigenvalue weighted by Gasteiger charge is -2.65. The van der Waals surface area contributed by atoms with Gasteiger partial charge in [0.1, 0.15) is 5.78 Å². The van der Waals surface area contributed by atoms with Crippen LogP contribution in [0.15, 0.2) is 12.7 Å². The predicted molar refractivity (Wildman–Crippen MR) is 83.5 cm³/mol. The average Bonchev–Trinajstić information content (AvgIpc) is 2.22. The molecule has 0 heterocycles. The second-order valence-electron chi connectivity index (χ2n) is 9.03. The number of carbonyl (C=O) groups excluding carboxylic acids is 1. The maximum atomic E-state index is 12.4. The first-order valence-electron chi connectivity index (χ1n) is 8.49. The SMILES string of the molecule is C=CCCCC(=O)CC12CC3CC(C)(CC(C)(C3)C1)C2. The topological polar surface area (TPSA) is 17.1 Å². The van der Waals surface area contributed by atoms with Crippen LogP contribution in [-0.2, 0) is 4.79 Å². The summed E-state index contributed by atoms with van der Waals surface area (Å²) in [7, 11) is 0. The third kappa shape index (κ3) is 2.61. The zero-order valence-corrected chi connectivity index (χ0v) is 13.3. The zero-order valence-electron chi connectivity index (χ0n) is 13.3. The van der Waals surface area contributed by atoms with E-state index in [1.54, 1.807) is 0 Å². The van der Waals surface area contributed by atoms with E-state index in [4.69, 9.17) is 0 Å². The fourth-order valence-electron chi connectivity index (χ4n) is 6.83. The van der Waals surface area contributed by atoms with Crippen LogP contribution in [0.1, 0.15) is 78.1 Å². The molecule has 1 nitrogen and oxygen atoms in total. The minimum atomic E-state index is 0.369. The molecule has 1 heteroatoms. The van der Waals surface area contributed by atoms with Gasteiger partial charge in [-0.05, 0) is 73.5 Å². The van der Waals surface area contributed by atoms with Crippen molar-refractivity contribution in [1.29, 1.82) is 0 Å². The molecule has 0 radical (unpaired) electrons. The second kappa shape index (κ2) is 4.71. The molecule has 0 spiro atoms. The molecule has 4 bridgehead atoms. The van der Waals surface area contributed by atoms with Crippen LogP contribution in [0, 0.1) is 22.2 Å². The summed E-state index contributed by atoms with van der Waals surface area (Å²) < 4.78 is 0. The molecule has 0 N–H and O–H groups in total. The summed E-state index contributed by atoms with van der Waals surface area (Å²) in [6.45, 7) is 8.73. The molecule has 4 saturated carbocycles. The summed E-state index contributed by atoms with van der Waals surface area (Å²) >= 11 is 0. The van der Waals surface area contributed by atoms with Gasteiger partial charge in [-0.1, -0.05) is 19.9 Å². The van der Waals surface area contributed by atoms with Crippen molar-refractivity contribution in [2.24, 2.45) is 22.2 Å². The molecule has 0 saturated heterocycles. The van der Waals surface area contributed by atoms with E-state index in [-0.39, 0.29) is 0 Å². The van der Waals surface area contributed by atoms with Gasteiger partial charge in [0.15, 0.2) is 0 Å². The van der Waals surface area contributed by atoms with Crippen LogP contribution < -0.4 is 0 Å². The Kier molecular flexibility index (Phi) is 3.38. The number of ketones is 1. The van der Waals surface area contributed by atoms with Gasteiger partial charge >= 0.3 is 0 Å². The highest BCUT2D eigenvalue weighted by atomic mass is 16.1. The highest BCUT2D eigenvalue weighted by molar-refractivity contribution is 5.79. The van der Waals surface area contributed by atoms with Crippen LogP contribution in [0.25, 0.3) is 0 Å². The molecule has 0 aromatic heterocycles. The lowest BCUT2D eigenvalue weighted by molar-refractivity contribution is -0.155. The molecule has 0 aromatic rings. The molecule has 20 heavy (non-hydrogen) atoms. The second-order valence-corrected chi connectivity index (χ2v) is 9.03. The number of carbonyl (C=O) groups is 1. The van der Waals surface area contributed by atoms with Crippen LogP contribution in [-0.4, -0.2) is 5.78 Å². The number of unbranched alkanes of at least 4 members (excludes halogenated alkanes) is 1. The summed E-state index contributed by atoms with van der Waals surface area (Å²) in [6, 6.07) is 0. The standard InChI is InChI=1S/C19H30O/c1-4-5-6-7-16(20)11-19-10-15-8-17(2,13-19)12-18(3,9-15)14-19/h4,15H,1,5-14H2,2-3H3. The molecule has 2 unspecified atom stereocenters. The Bertz CT molecular complexity index is 403. The Morgan fingerprint density at radius 3 is 2.35 bits per heavy atom. The van der Waals surface area contributed by atoms with Crippen molar-refractivity contribution in [3.8, 4) is 0 Å². The Balaban J connectivity index is 1.69. The van der Waals surface area contributed by atoms with E-state index >= 15 is 0 Å². The van der Waals surface area contributed by atoms with Crippen molar-refractivity contribution in [3.05, 3.63) is 12.7 Å². The monoisotopic (exact) mass is 274 g/mol. The molecule has 4 rings (SSSR count). The first-order chi connectivity index (χ1) is 9.36. The maximum Gasteiger partial charge on any atom is 0.133 e. The molecule has 2 atom stereocenters. The smallest absolute Gasteiger partial charge is 0.133 e. The summed E-state index contributed by atoms with van der Waals surface area (Å²) in [5.74, 6) is 1.42. The van der Waals surface area contributed by atoms with Crippen molar-refractivity contribution in [2.75, 3.05) is 0 Å². The zero-order chi connectivity index (χ0) is 14.4. The molecule has 4 aliphatic rings. The summed E-state index contributed by atoms with van der Waals surface area (Å²) in [5, 5.41) is 0. The first kappa shape index (κ1) is 14.4. The average molecular weight is 274 g/mol. The van der Waals surface area contributed by atoms with Crippen molar-refractivity contribution in [2.45, 2.75) is 78.1 Å². The number of rotatable bonds is 6. The van der Waals surface area contributed by atoms with Gasteiger partial charge in [0, 0.05) is 12.8 Å². The maximum absolute atomic E-state index is 12.4. The Labute approximate surface area is 124 Å². The normalized spacial score (nSPS) is 45.6. The van der Waals surface area contributed by atoms with E-state index < -0.39 is 0 Å². The Morgan fingerprint density at radius 1 is 1.15 bits per heavy atom. The van der Waals surface area contributed by atoms with Crippen LogP contribution in [0.5, 0.6) is 0 Å². The third-order valence-corrected chi connectivity index (χ3v) is 6.18. The van der Waals surface area contributed by atoms with Crippen molar-refractivity contribution in [1.82, 2.24) is 0 Å². The lowest BCUT2D eigenvalue weighted by Crippen LogP contribution is -2.55. The van der Waals surface area contributed by atoms with E-state index in [0.717, 1.165) is 31.6 Å². The molecule has 0 aromatic carbocycles. The molecule has 0 amide bonds. The Hall–Kier alpha value is -0.590. The first-order valence-corrected chi connectivity index (χ1v) is 8.49. The van der Waals surface area contributed by atoms with Gasteiger partial charge in [-0.25, -0.2) is 0 Å². The highest BCUT2D eigenvalue weighted by Gasteiger charge is 2.60. The van der Waals surface area contributed by atoms with Gasteiger partial charge in [-0.2, -0.15) is 0 Å². The van der Waals surface area contributed by atoms with E-state index in [2.05, 4.69) is 20.4 Å². The molecule has 4 aliphatic carbocycles. The molecular formula is C19H30O. The van der Waals surface area contributed by atoms with Crippen molar-refractivity contribution >= 4 is 5.78 Å². The van der Waals surface area contributed by atoms with E-state index in [0.29, 0.717) is 22.0 Å². The number of hydrogen-bond donors (Lipinski definition) is 0. The fourth-order valence-corrected chi connectivity index (χ4v) is 6.83. The van der Waals surface area contributed by atoms with Crippen LogP contribution in [0.4, 0.5) is 0 Å². The van der Waals surface area contributed by atoms with E-state index in [1.807, 2.05) is 6.08 Å². The summed E-state index contributed by atoms with van der Waals surface area (Å²) in [6.07, 6.45) is 13.8. The summed E-state index contributed by atoms with van der Waals surface area (Å²) in [5.41, 5.74) is 1.44. The number of allylic oxidation sites excluding steroid dienone is 1.